The van der Waals surface area contributed by atoms with Crippen molar-refractivity contribution >= 4 is 116 Å². The zero-order chi connectivity index (χ0) is 38.3. The van der Waals surface area contributed by atoms with Crippen LogP contribution in [0.4, 0.5) is 17.1 Å². The predicted molar refractivity (Wildman–Crippen MR) is 244 cm³/mol. The van der Waals surface area contributed by atoms with E-state index in [0.717, 1.165) is 83.1 Å². The van der Waals surface area contributed by atoms with Gasteiger partial charge >= 0.3 is 0 Å². The molecule has 5 heterocycles. The second kappa shape index (κ2) is 11.3. The van der Waals surface area contributed by atoms with Crippen LogP contribution in [0.5, 0.6) is 0 Å². The highest BCUT2D eigenvalue weighted by atomic mass is 16.3. The minimum Gasteiger partial charge on any atom is -0.456 e. The van der Waals surface area contributed by atoms with E-state index < -0.39 is 0 Å². The molecule has 9 aromatic carbocycles. The number of furan rings is 2. The van der Waals surface area contributed by atoms with Gasteiger partial charge in [-0.25, -0.2) is 0 Å². The maximum absolute atomic E-state index is 6.49. The number of para-hydroxylation sites is 4. The Bertz CT molecular complexity index is 4030. The van der Waals surface area contributed by atoms with Crippen LogP contribution in [-0.4, -0.2) is 8.80 Å². The summed E-state index contributed by atoms with van der Waals surface area (Å²) in [6.07, 6.45) is 0. The quantitative estimate of drug-likeness (QED) is 0.168. The van der Waals surface area contributed by atoms with Gasteiger partial charge in [0.15, 0.2) is 0 Å². The number of aromatic nitrogens is 2. The molecule has 0 saturated carbocycles. The standard InChI is InChI=1S/C54H31N3O2/c1-5-16-42-36(11-1)38-28-29-39-37-12-2-6-17-43(37)57-46-31-34(27-30-44(46)56(42)53(38)54(39)57)55(45-18-10-22-50-52(45)41-14-4-8-20-48(41)59-50)33-25-23-32(24-26-33)35-15-9-21-49-51(35)40-13-3-7-19-47(40)58-49/h1-31H. The van der Waals surface area contributed by atoms with Gasteiger partial charge < -0.3 is 22.5 Å². The highest BCUT2D eigenvalue weighted by Crippen LogP contribution is 2.47. The van der Waals surface area contributed by atoms with Crippen molar-refractivity contribution in [1.29, 1.82) is 0 Å². The first kappa shape index (κ1) is 31.1. The fourth-order valence-electron chi connectivity index (χ4n) is 10.2. The molecular weight excluding hydrogens is 723 g/mol. The summed E-state index contributed by atoms with van der Waals surface area (Å²) in [5, 5.41) is 9.47. The van der Waals surface area contributed by atoms with Gasteiger partial charge in [-0.3, -0.25) is 0 Å². The SMILES string of the molecule is c1ccc2c(c1)oc1cccc(-c3ccc(N(c4ccc5c(c4)n4c6ccccc6c6ccc7c8ccccc8n5c7c64)c4cccc5oc6ccccc6c45)cc3)c12. The Morgan fingerprint density at radius 1 is 0.339 bits per heavy atom. The zero-order valence-electron chi connectivity index (χ0n) is 31.6. The molecule has 0 aliphatic heterocycles. The van der Waals surface area contributed by atoms with E-state index in [1.54, 1.807) is 0 Å². The van der Waals surface area contributed by atoms with Gasteiger partial charge in [-0.05, 0) is 83.9 Å². The van der Waals surface area contributed by atoms with E-state index >= 15 is 0 Å². The lowest BCUT2D eigenvalue weighted by Crippen LogP contribution is -2.11. The molecule has 14 aromatic rings. The lowest BCUT2D eigenvalue weighted by molar-refractivity contribution is 0.668. The van der Waals surface area contributed by atoms with Crippen LogP contribution in [0.15, 0.2) is 197 Å². The normalized spacial score (nSPS) is 12.4. The van der Waals surface area contributed by atoms with E-state index in [4.69, 9.17) is 8.83 Å². The Hall–Kier alpha value is -8.02. The van der Waals surface area contributed by atoms with Gasteiger partial charge in [0.1, 0.15) is 22.3 Å². The van der Waals surface area contributed by atoms with Crippen molar-refractivity contribution in [3.8, 4) is 11.1 Å². The smallest absolute Gasteiger partial charge is 0.137 e. The number of rotatable bonds is 4. The Balaban J connectivity index is 1.07. The van der Waals surface area contributed by atoms with Gasteiger partial charge in [-0.1, -0.05) is 115 Å². The van der Waals surface area contributed by atoms with E-state index in [9.17, 15) is 0 Å². The van der Waals surface area contributed by atoms with Crippen molar-refractivity contribution in [3.63, 3.8) is 0 Å². The highest BCUT2D eigenvalue weighted by Gasteiger charge is 2.24. The molecule has 5 heteroatoms. The maximum Gasteiger partial charge on any atom is 0.137 e. The van der Waals surface area contributed by atoms with Crippen molar-refractivity contribution in [1.82, 2.24) is 8.80 Å². The molecule has 0 amide bonds. The van der Waals surface area contributed by atoms with Gasteiger partial charge in [-0.2, -0.15) is 0 Å². The van der Waals surface area contributed by atoms with Crippen LogP contribution in [0.2, 0.25) is 0 Å². The number of benzene rings is 9. The Labute approximate surface area is 336 Å². The lowest BCUT2D eigenvalue weighted by Gasteiger charge is -2.27. The maximum atomic E-state index is 6.49. The Morgan fingerprint density at radius 3 is 1.54 bits per heavy atom. The molecule has 274 valence electrons. The van der Waals surface area contributed by atoms with Crippen LogP contribution in [0.3, 0.4) is 0 Å². The molecule has 0 radical (unpaired) electrons. The minimum absolute atomic E-state index is 0.857. The summed E-state index contributed by atoms with van der Waals surface area (Å²) in [7, 11) is 0. The summed E-state index contributed by atoms with van der Waals surface area (Å²) in [6, 6.07) is 67.6. The average Bonchev–Trinajstić information content (AvgIpc) is 4.05. The van der Waals surface area contributed by atoms with Crippen LogP contribution in [0.25, 0.3) is 110 Å². The van der Waals surface area contributed by atoms with Crippen molar-refractivity contribution in [2.24, 2.45) is 0 Å². The van der Waals surface area contributed by atoms with Gasteiger partial charge in [0, 0.05) is 49.1 Å². The molecule has 0 N–H and O–H groups in total. The third-order valence-electron chi connectivity index (χ3n) is 12.6. The third kappa shape index (κ3) is 4.08. The number of hydrogen-bond acceptors (Lipinski definition) is 3. The minimum atomic E-state index is 0.857. The first-order valence-electron chi connectivity index (χ1n) is 20.1. The van der Waals surface area contributed by atoms with Crippen molar-refractivity contribution in [2.75, 3.05) is 4.90 Å². The average molecular weight is 754 g/mol. The highest BCUT2D eigenvalue weighted by molar-refractivity contribution is 6.25. The van der Waals surface area contributed by atoms with Gasteiger partial charge in [0.05, 0.1) is 44.2 Å². The molecule has 0 aliphatic rings. The van der Waals surface area contributed by atoms with Crippen molar-refractivity contribution in [2.45, 2.75) is 0 Å². The number of nitrogens with zero attached hydrogens (tertiary/aromatic N) is 3. The molecule has 0 aliphatic carbocycles. The second-order valence-electron chi connectivity index (χ2n) is 15.6. The molecule has 0 atom stereocenters. The molecule has 5 nitrogen and oxygen atoms in total. The van der Waals surface area contributed by atoms with Crippen molar-refractivity contribution in [3.05, 3.63) is 188 Å². The lowest BCUT2D eigenvalue weighted by atomic mass is 9.99. The molecule has 5 aromatic heterocycles. The Morgan fingerprint density at radius 2 is 0.864 bits per heavy atom. The van der Waals surface area contributed by atoms with Crippen LogP contribution < -0.4 is 4.90 Å². The molecule has 0 unspecified atom stereocenters. The summed E-state index contributed by atoms with van der Waals surface area (Å²) in [4.78, 5) is 2.40. The molecule has 59 heavy (non-hydrogen) atoms. The molecule has 0 spiro atoms. The summed E-state index contributed by atoms with van der Waals surface area (Å²) in [5.74, 6) is 0. The first-order chi connectivity index (χ1) is 29.3. The Kier molecular flexibility index (Phi) is 5.96. The van der Waals surface area contributed by atoms with Crippen LogP contribution in [0, 0.1) is 0 Å². The first-order valence-corrected chi connectivity index (χ1v) is 20.1. The summed E-state index contributed by atoms with van der Waals surface area (Å²) in [5.41, 5.74) is 16.1. The third-order valence-corrected chi connectivity index (χ3v) is 12.6. The summed E-state index contributed by atoms with van der Waals surface area (Å²) >= 11 is 0. The number of hydrogen-bond donors (Lipinski definition) is 0. The predicted octanol–water partition coefficient (Wildman–Crippen LogP) is 15.2. The fraction of sp³-hybridized carbons (Fsp3) is 0. The fourth-order valence-corrected chi connectivity index (χ4v) is 10.2. The van der Waals surface area contributed by atoms with E-state index in [1.165, 1.54) is 43.6 Å². The van der Waals surface area contributed by atoms with Crippen LogP contribution in [0.1, 0.15) is 0 Å². The molecule has 14 rings (SSSR count). The van der Waals surface area contributed by atoms with Crippen molar-refractivity contribution < 1.29 is 8.83 Å². The zero-order valence-corrected chi connectivity index (χ0v) is 31.6. The molecule has 0 saturated heterocycles. The number of fused-ring (bicyclic) bond motifs is 15. The molecule has 0 fully saturated rings. The second-order valence-corrected chi connectivity index (χ2v) is 15.6. The van der Waals surface area contributed by atoms with E-state index in [0.29, 0.717) is 0 Å². The monoisotopic (exact) mass is 753 g/mol. The van der Waals surface area contributed by atoms with Gasteiger partial charge in [-0.15, -0.1) is 0 Å². The number of anilines is 3. The van der Waals surface area contributed by atoms with Crippen LogP contribution in [-0.2, 0) is 0 Å². The summed E-state index contributed by atoms with van der Waals surface area (Å²) < 4.78 is 17.7. The largest absolute Gasteiger partial charge is 0.456 e. The van der Waals surface area contributed by atoms with E-state index in [1.807, 2.05) is 18.2 Å². The van der Waals surface area contributed by atoms with Crippen LogP contribution >= 0.6 is 0 Å². The van der Waals surface area contributed by atoms with Gasteiger partial charge in [0.25, 0.3) is 0 Å². The summed E-state index contributed by atoms with van der Waals surface area (Å²) in [6.45, 7) is 0. The molecular formula is C54H31N3O2. The topological polar surface area (TPSA) is 38.3 Å². The van der Waals surface area contributed by atoms with E-state index in [2.05, 4.69) is 184 Å². The molecule has 0 bridgehead atoms. The van der Waals surface area contributed by atoms with E-state index in [-0.39, 0.29) is 0 Å². The van der Waals surface area contributed by atoms with Gasteiger partial charge in [0.2, 0.25) is 0 Å².